The zero-order valence-electron chi connectivity index (χ0n) is 9.49. The highest BCUT2D eigenvalue weighted by atomic mass is 35.5. The third kappa shape index (κ3) is 5.53. The molecule has 0 bridgehead atoms. The Hall–Kier alpha value is 0.250. The molecule has 0 aromatic rings. The first kappa shape index (κ1) is 13.2. The molecule has 0 saturated carbocycles. The van der Waals surface area contributed by atoms with Crippen LogP contribution in [0.2, 0.25) is 0 Å². The van der Waals surface area contributed by atoms with Gasteiger partial charge in [0.1, 0.15) is 0 Å². The molecule has 0 rings (SSSR count). The molecule has 0 aliphatic carbocycles. The molecule has 0 saturated heterocycles. The molecular weight excluding hydrogens is 182 g/mol. The molecule has 0 heterocycles. The van der Waals surface area contributed by atoms with Gasteiger partial charge in [0.15, 0.2) is 0 Å². The molecule has 0 aromatic heterocycles. The van der Waals surface area contributed by atoms with Gasteiger partial charge in [0.05, 0.1) is 0 Å². The second kappa shape index (κ2) is 6.67. The molecule has 1 nitrogen and oxygen atoms in total. The van der Waals surface area contributed by atoms with E-state index in [1.807, 2.05) is 0 Å². The summed E-state index contributed by atoms with van der Waals surface area (Å²) in [6.07, 6.45) is 3.66. The Kier molecular flexibility index (Phi) is 6.79. The third-order valence-corrected chi connectivity index (χ3v) is 3.32. The SMILES string of the molecule is CCCC(C)CNC(C)(CC)CCl. The summed E-state index contributed by atoms with van der Waals surface area (Å²) in [5.74, 6) is 1.46. The van der Waals surface area contributed by atoms with Gasteiger partial charge in [-0.1, -0.05) is 27.2 Å². The molecule has 13 heavy (non-hydrogen) atoms. The number of hydrogen-bond acceptors (Lipinski definition) is 1. The van der Waals surface area contributed by atoms with Crippen LogP contribution in [0.4, 0.5) is 0 Å². The molecule has 0 aromatic carbocycles. The maximum Gasteiger partial charge on any atom is 0.0403 e. The Morgan fingerprint density at radius 1 is 1.38 bits per heavy atom. The smallest absolute Gasteiger partial charge is 0.0403 e. The van der Waals surface area contributed by atoms with E-state index in [0.717, 1.165) is 18.9 Å². The van der Waals surface area contributed by atoms with E-state index in [9.17, 15) is 0 Å². The Morgan fingerprint density at radius 3 is 2.38 bits per heavy atom. The predicted molar refractivity (Wildman–Crippen MR) is 61.5 cm³/mol. The Morgan fingerprint density at radius 2 is 2.00 bits per heavy atom. The van der Waals surface area contributed by atoms with Crippen LogP contribution in [0.3, 0.4) is 0 Å². The van der Waals surface area contributed by atoms with Gasteiger partial charge in [-0.3, -0.25) is 0 Å². The first-order chi connectivity index (χ1) is 6.08. The number of hydrogen-bond donors (Lipinski definition) is 1. The molecule has 80 valence electrons. The fraction of sp³-hybridized carbons (Fsp3) is 1.00. The Labute approximate surface area is 88.2 Å². The average molecular weight is 206 g/mol. The van der Waals surface area contributed by atoms with Gasteiger partial charge in [-0.15, -0.1) is 11.6 Å². The average Bonchev–Trinajstić information content (AvgIpc) is 2.15. The fourth-order valence-corrected chi connectivity index (χ4v) is 1.57. The van der Waals surface area contributed by atoms with Gasteiger partial charge in [0.25, 0.3) is 0 Å². The Bertz CT molecular complexity index is 121. The van der Waals surface area contributed by atoms with Gasteiger partial charge >= 0.3 is 0 Å². The highest BCUT2D eigenvalue weighted by Crippen LogP contribution is 2.13. The van der Waals surface area contributed by atoms with E-state index in [0.29, 0.717) is 5.88 Å². The Balaban J connectivity index is 3.71. The molecule has 2 heteroatoms. The van der Waals surface area contributed by atoms with Crippen molar-refractivity contribution in [2.24, 2.45) is 5.92 Å². The molecule has 2 atom stereocenters. The third-order valence-electron chi connectivity index (χ3n) is 2.73. The first-order valence-corrected chi connectivity index (χ1v) is 5.92. The minimum absolute atomic E-state index is 0.129. The molecule has 0 aliphatic rings. The lowest BCUT2D eigenvalue weighted by Gasteiger charge is -2.28. The predicted octanol–water partition coefficient (Wildman–Crippen LogP) is 3.42. The van der Waals surface area contributed by atoms with Crippen molar-refractivity contribution in [1.29, 1.82) is 0 Å². The monoisotopic (exact) mass is 205 g/mol. The van der Waals surface area contributed by atoms with Crippen LogP contribution in [0, 0.1) is 5.92 Å². The van der Waals surface area contributed by atoms with Crippen LogP contribution in [-0.4, -0.2) is 18.0 Å². The summed E-state index contributed by atoms with van der Waals surface area (Å²) >= 11 is 5.91. The van der Waals surface area contributed by atoms with Crippen LogP contribution >= 0.6 is 11.6 Å². The lowest BCUT2D eigenvalue weighted by atomic mass is 9.99. The van der Waals surface area contributed by atoms with E-state index in [-0.39, 0.29) is 5.54 Å². The zero-order valence-corrected chi connectivity index (χ0v) is 10.2. The summed E-state index contributed by atoms with van der Waals surface area (Å²) in [6, 6.07) is 0. The summed E-state index contributed by atoms with van der Waals surface area (Å²) in [7, 11) is 0. The van der Waals surface area contributed by atoms with Gasteiger partial charge in [-0.25, -0.2) is 0 Å². The molecule has 0 aliphatic heterocycles. The number of alkyl halides is 1. The minimum Gasteiger partial charge on any atom is -0.310 e. The molecule has 0 amide bonds. The topological polar surface area (TPSA) is 12.0 Å². The second-order valence-corrected chi connectivity index (χ2v) is 4.59. The highest BCUT2D eigenvalue weighted by molar-refractivity contribution is 6.18. The standard InChI is InChI=1S/C11H24ClN/c1-5-7-10(3)8-13-11(4,6-2)9-12/h10,13H,5-9H2,1-4H3. The van der Waals surface area contributed by atoms with Crippen molar-refractivity contribution in [3.8, 4) is 0 Å². The van der Waals surface area contributed by atoms with E-state index in [4.69, 9.17) is 11.6 Å². The quantitative estimate of drug-likeness (QED) is 0.629. The van der Waals surface area contributed by atoms with Crippen LogP contribution in [0.15, 0.2) is 0 Å². The molecule has 0 radical (unpaired) electrons. The van der Waals surface area contributed by atoms with Crippen molar-refractivity contribution >= 4 is 11.6 Å². The number of halogens is 1. The maximum absolute atomic E-state index is 5.91. The van der Waals surface area contributed by atoms with Crippen molar-refractivity contribution in [1.82, 2.24) is 5.32 Å². The van der Waals surface area contributed by atoms with Gasteiger partial charge in [-0.2, -0.15) is 0 Å². The summed E-state index contributed by atoms with van der Waals surface area (Å²) in [4.78, 5) is 0. The highest BCUT2D eigenvalue weighted by Gasteiger charge is 2.20. The second-order valence-electron chi connectivity index (χ2n) is 4.32. The van der Waals surface area contributed by atoms with E-state index in [1.165, 1.54) is 12.8 Å². The summed E-state index contributed by atoms with van der Waals surface area (Å²) in [6.45, 7) is 9.99. The van der Waals surface area contributed by atoms with Crippen LogP contribution in [-0.2, 0) is 0 Å². The van der Waals surface area contributed by atoms with E-state index < -0.39 is 0 Å². The molecule has 0 spiro atoms. The molecule has 0 fully saturated rings. The lowest BCUT2D eigenvalue weighted by molar-refractivity contribution is 0.342. The summed E-state index contributed by atoms with van der Waals surface area (Å²) < 4.78 is 0. The first-order valence-electron chi connectivity index (χ1n) is 5.39. The van der Waals surface area contributed by atoms with E-state index in [1.54, 1.807) is 0 Å². The van der Waals surface area contributed by atoms with Crippen LogP contribution < -0.4 is 5.32 Å². The van der Waals surface area contributed by atoms with Crippen LogP contribution in [0.1, 0.15) is 47.0 Å². The largest absolute Gasteiger partial charge is 0.310 e. The minimum atomic E-state index is 0.129. The summed E-state index contributed by atoms with van der Waals surface area (Å²) in [5, 5.41) is 3.55. The normalized spacial score (nSPS) is 18.2. The number of nitrogens with one attached hydrogen (secondary N) is 1. The van der Waals surface area contributed by atoms with Crippen molar-refractivity contribution < 1.29 is 0 Å². The van der Waals surface area contributed by atoms with Gasteiger partial charge < -0.3 is 5.32 Å². The van der Waals surface area contributed by atoms with Crippen LogP contribution in [0.5, 0.6) is 0 Å². The van der Waals surface area contributed by atoms with Crippen molar-refractivity contribution in [2.75, 3.05) is 12.4 Å². The lowest BCUT2D eigenvalue weighted by Crippen LogP contribution is -2.45. The van der Waals surface area contributed by atoms with Gasteiger partial charge in [-0.05, 0) is 32.2 Å². The van der Waals surface area contributed by atoms with Gasteiger partial charge in [0.2, 0.25) is 0 Å². The van der Waals surface area contributed by atoms with Crippen molar-refractivity contribution in [2.45, 2.75) is 52.5 Å². The molecular formula is C11H24ClN. The van der Waals surface area contributed by atoms with E-state index in [2.05, 4.69) is 33.0 Å². The van der Waals surface area contributed by atoms with Crippen LogP contribution in [0.25, 0.3) is 0 Å². The van der Waals surface area contributed by atoms with E-state index >= 15 is 0 Å². The van der Waals surface area contributed by atoms with Crippen molar-refractivity contribution in [3.05, 3.63) is 0 Å². The van der Waals surface area contributed by atoms with Gasteiger partial charge in [0, 0.05) is 11.4 Å². The molecule has 1 N–H and O–H groups in total. The fourth-order valence-electron chi connectivity index (χ4n) is 1.28. The summed E-state index contributed by atoms with van der Waals surface area (Å²) in [5.41, 5.74) is 0.129. The number of rotatable bonds is 7. The maximum atomic E-state index is 5.91. The zero-order chi connectivity index (χ0) is 10.3. The van der Waals surface area contributed by atoms with Crippen molar-refractivity contribution in [3.63, 3.8) is 0 Å². The molecule has 2 unspecified atom stereocenters.